The van der Waals surface area contributed by atoms with Gasteiger partial charge in [-0.25, -0.2) is 0 Å². The summed E-state index contributed by atoms with van der Waals surface area (Å²) in [6.45, 7) is 7.98. The van der Waals surface area contributed by atoms with Crippen LogP contribution in [0.4, 0.5) is 0 Å². The lowest BCUT2D eigenvalue weighted by Crippen LogP contribution is -2.52. The van der Waals surface area contributed by atoms with Crippen LogP contribution < -0.4 is 0 Å². The summed E-state index contributed by atoms with van der Waals surface area (Å²) in [4.78, 5) is 30.4. The van der Waals surface area contributed by atoms with Crippen LogP contribution in [0.1, 0.15) is 19.4 Å². The molecule has 0 spiro atoms. The molecule has 2 amide bonds. The van der Waals surface area contributed by atoms with Gasteiger partial charge in [0, 0.05) is 45.9 Å². The number of hydrogen-bond donors (Lipinski definition) is 0. The van der Waals surface area contributed by atoms with E-state index in [1.165, 1.54) is 7.11 Å². The second-order valence-corrected chi connectivity index (χ2v) is 6.69. The molecule has 0 aliphatic carbocycles. The summed E-state index contributed by atoms with van der Waals surface area (Å²) in [6.07, 6.45) is 0. The van der Waals surface area contributed by atoms with Crippen molar-refractivity contribution < 1.29 is 14.3 Å². The zero-order valence-corrected chi connectivity index (χ0v) is 15.5. The maximum absolute atomic E-state index is 12.8. The number of ether oxygens (including phenoxy) is 1. The van der Waals surface area contributed by atoms with Crippen molar-refractivity contribution in [1.29, 1.82) is 0 Å². The van der Waals surface area contributed by atoms with Crippen molar-refractivity contribution in [2.45, 2.75) is 26.4 Å². The zero-order chi connectivity index (χ0) is 18.2. The molecule has 1 aromatic rings. The van der Waals surface area contributed by atoms with Gasteiger partial charge in [-0.15, -0.1) is 0 Å². The van der Waals surface area contributed by atoms with Crippen molar-refractivity contribution in [3.8, 4) is 0 Å². The van der Waals surface area contributed by atoms with Crippen LogP contribution in [-0.2, 0) is 20.9 Å². The summed E-state index contributed by atoms with van der Waals surface area (Å²) in [5.41, 5.74) is 1.14. The fourth-order valence-electron chi connectivity index (χ4n) is 2.99. The molecular weight excluding hydrogens is 318 g/mol. The summed E-state index contributed by atoms with van der Waals surface area (Å²) >= 11 is 0. The van der Waals surface area contributed by atoms with Gasteiger partial charge in [0.25, 0.3) is 0 Å². The number of benzene rings is 1. The first-order valence-electron chi connectivity index (χ1n) is 8.83. The van der Waals surface area contributed by atoms with E-state index in [1.807, 2.05) is 49.1 Å². The van der Waals surface area contributed by atoms with Crippen molar-refractivity contribution in [3.05, 3.63) is 35.9 Å². The molecule has 1 aliphatic rings. The molecule has 0 radical (unpaired) electrons. The Labute approximate surface area is 150 Å². The Morgan fingerprint density at radius 3 is 2.32 bits per heavy atom. The molecule has 138 valence electrons. The third kappa shape index (κ3) is 5.83. The second kappa shape index (κ2) is 9.53. The normalized spacial score (nSPS) is 15.4. The Hall–Kier alpha value is -1.92. The minimum absolute atomic E-state index is 0.0151. The Bertz CT molecular complexity index is 554. The van der Waals surface area contributed by atoms with Crippen molar-refractivity contribution in [1.82, 2.24) is 14.7 Å². The highest BCUT2D eigenvalue weighted by molar-refractivity contribution is 5.79. The second-order valence-electron chi connectivity index (χ2n) is 6.69. The predicted molar refractivity (Wildman–Crippen MR) is 97.0 cm³/mol. The Balaban J connectivity index is 1.86. The number of methoxy groups -OCH3 is 1. The number of carbonyl (C=O) groups excluding carboxylic acids is 2. The van der Waals surface area contributed by atoms with E-state index in [9.17, 15) is 9.59 Å². The van der Waals surface area contributed by atoms with E-state index >= 15 is 0 Å². The average molecular weight is 347 g/mol. The highest BCUT2D eigenvalue weighted by Crippen LogP contribution is 2.10. The minimum Gasteiger partial charge on any atom is -0.375 e. The van der Waals surface area contributed by atoms with Crippen LogP contribution in [0, 0.1) is 0 Å². The SMILES string of the molecule is COCC(=O)N1CCN(CC(=O)N(Cc2ccccc2)C(C)C)CC1. The maximum atomic E-state index is 12.8. The van der Waals surface area contributed by atoms with Gasteiger partial charge >= 0.3 is 0 Å². The summed E-state index contributed by atoms with van der Waals surface area (Å²) in [5.74, 6) is 0.150. The van der Waals surface area contributed by atoms with E-state index in [4.69, 9.17) is 4.74 Å². The van der Waals surface area contributed by atoms with Gasteiger partial charge in [0.2, 0.25) is 11.8 Å². The molecule has 1 heterocycles. The van der Waals surface area contributed by atoms with Gasteiger partial charge in [0.15, 0.2) is 0 Å². The van der Waals surface area contributed by atoms with Gasteiger partial charge in [-0.3, -0.25) is 14.5 Å². The third-order valence-electron chi connectivity index (χ3n) is 4.49. The highest BCUT2D eigenvalue weighted by atomic mass is 16.5. The Morgan fingerprint density at radius 2 is 1.76 bits per heavy atom. The van der Waals surface area contributed by atoms with Crippen molar-refractivity contribution in [2.24, 2.45) is 0 Å². The number of hydrogen-bond acceptors (Lipinski definition) is 4. The summed E-state index contributed by atoms with van der Waals surface area (Å²) in [7, 11) is 1.53. The molecule has 1 fully saturated rings. The van der Waals surface area contributed by atoms with Crippen molar-refractivity contribution in [2.75, 3.05) is 46.4 Å². The lowest BCUT2D eigenvalue weighted by molar-refractivity contribution is -0.138. The van der Waals surface area contributed by atoms with Crippen molar-refractivity contribution >= 4 is 11.8 Å². The molecule has 0 bridgehead atoms. The molecule has 0 atom stereocenters. The average Bonchev–Trinajstić information content (AvgIpc) is 2.61. The van der Waals surface area contributed by atoms with Gasteiger partial charge in [-0.2, -0.15) is 0 Å². The first kappa shape index (κ1) is 19.4. The molecule has 0 N–H and O–H groups in total. The van der Waals surface area contributed by atoms with E-state index in [-0.39, 0.29) is 24.5 Å². The third-order valence-corrected chi connectivity index (χ3v) is 4.49. The number of amides is 2. The molecule has 2 rings (SSSR count). The molecule has 1 aliphatic heterocycles. The standard InChI is InChI=1S/C19H29N3O3/c1-16(2)22(13-17-7-5-4-6-8-17)18(23)14-20-9-11-21(12-10-20)19(24)15-25-3/h4-8,16H,9-15H2,1-3H3. The molecule has 0 aromatic heterocycles. The van der Waals surface area contributed by atoms with Gasteiger partial charge in [-0.1, -0.05) is 30.3 Å². The Kier molecular flexibility index (Phi) is 7.40. The fraction of sp³-hybridized carbons (Fsp3) is 0.579. The molecule has 0 saturated carbocycles. The topological polar surface area (TPSA) is 53.1 Å². The molecule has 1 saturated heterocycles. The lowest BCUT2D eigenvalue weighted by Gasteiger charge is -2.36. The monoisotopic (exact) mass is 347 g/mol. The number of nitrogens with zero attached hydrogens (tertiary/aromatic N) is 3. The summed E-state index contributed by atoms with van der Waals surface area (Å²) in [5, 5.41) is 0. The quantitative estimate of drug-likeness (QED) is 0.744. The van der Waals surface area contributed by atoms with Crippen molar-refractivity contribution in [3.63, 3.8) is 0 Å². The number of rotatable bonds is 7. The Morgan fingerprint density at radius 1 is 1.12 bits per heavy atom. The largest absolute Gasteiger partial charge is 0.375 e. The maximum Gasteiger partial charge on any atom is 0.248 e. The molecule has 6 nitrogen and oxygen atoms in total. The summed E-state index contributed by atoms with van der Waals surface area (Å²) in [6, 6.07) is 10.2. The first-order chi connectivity index (χ1) is 12.0. The van der Waals surface area contributed by atoms with E-state index < -0.39 is 0 Å². The van der Waals surface area contributed by atoms with E-state index in [0.29, 0.717) is 26.2 Å². The first-order valence-corrected chi connectivity index (χ1v) is 8.83. The molecule has 1 aromatic carbocycles. The van der Waals surface area contributed by atoms with E-state index in [2.05, 4.69) is 4.90 Å². The number of piperazine rings is 1. The van der Waals surface area contributed by atoms with Crippen LogP contribution in [0.15, 0.2) is 30.3 Å². The fourth-order valence-corrected chi connectivity index (χ4v) is 2.99. The minimum atomic E-state index is 0.0151. The highest BCUT2D eigenvalue weighted by Gasteiger charge is 2.25. The van der Waals surface area contributed by atoms with Crippen LogP contribution in [0.5, 0.6) is 0 Å². The molecular formula is C19H29N3O3. The van der Waals surface area contributed by atoms with E-state index in [1.54, 1.807) is 4.90 Å². The predicted octanol–water partition coefficient (Wildman–Crippen LogP) is 1.21. The lowest BCUT2D eigenvalue weighted by atomic mass is 10.2. The zero-order valence-electron chi connectivity index (χ0n) is 15.5. The van der Waals surface area contributed by atoms with Gasteiger partial charge in [-0.05, 0) is 19.4 Å². The van der Waals surface area contributed by atoms with Crippen LogP contribution in [0.2, 0.25) is 0 Å². The molecule has 0 unspecified atom stereocenters. The van der Waals surface area contributed by atoms with Crippen LogP contribution >= 0.6 is 0 Å². The van der Waals surface area contributed by atoms with Crippen LogP contribution in [-0.4, -0.2) is 79.0 Å². The van der Waals surface area contributed by atoms with E-state index in [0.717, 1.165) is 18.7 Å². The van der Waals surface area contributed by atoms with Gasteiger partial charge in [0.1, 0.15) is 6.61 Å². The molecule has 6 heteroatoms. The van der Waals surface area contributed by atoms with Gasteiger partial charge < -0.3 is 14.5 Å². The smallest absolute Gasteiger partial charge is 0.248 e. The van der Waals surface area contributed by atoms with Crippen LogP contribution in [0.25, 0.3) is 0 Å². The number of carbonyl (C=O) groups is 2. The van der Waals surface area contributed by atoms with Gasteiger partial charge in [0.05, 0.1) is 6.54 Å². The van der Waals surface area contributed by atoms with Crippen LogP contribution in [0.3, 0.4) is 0 Å². The summed E-state index contributed by atoms with van der Waals surface area (Å²) < 4.78 is 4.90. The molecule has 25 heavy (non-hydrogen) atoms.